The Labute approximate surface area is 138 Å². The molecule has 0 spiro atoms. The van der Waals surface area contributed by atoms with Crippen molar-refractivity contribution in [1.29, 1.82) is 0 Å². The smallest absolute Gasteiger partial charge is 0.250 e. The van der Waals surface area contributed by atoms with Gasteiger partial charge in [0.05, 0.1) is 28.7 Å². The van der Waals surface area contributed by atoms with E-state index in [0.717, 1.165) is 21.9 Å². The van der Waals surface area contributed by atoms with Gasteiger partial charge in [0.2, 0.25) is 0 Å². The van der Waals surface area contributed by atoms with E-state index < -0.39 is 0 Å². The van der Waals surface area contributed by atoms with E-state index in [1.54, 1.807) is 6.21 Å². The fraction of sp³-hybridized carbons (Fsp3) is 0.188. The monoisotopic (exact) mass is 327 g/mol. The van der Waals surface area contributed by atoms with E-state index in [1.807, 2.05) is 65.8 Å². The van der Waals surface area contributed by atoms with E-state index in [0.29, 0.717) is 0 Å². The number of amides is 1. The molecule has 1 amide bonds. The van der Waals surface area contributed by atoms with Crippen LogP contribution in [0.1, 0.15) is 5.69 Å². The molecule has 0 unspecified atom stereocenters. The van der Waals surface area contributed by atoms with E-state index in [1.165, 1.54) is 11.8 Å². The first-order valence-electron chi connectivity index (χ1n) is 7.12. The lowest BCUT2D eigenvalue weighted by atomic mass is 10.3. The summed E-state index contributed by atoms with van der Waals surface area (Å²) in [6.45, 7) is 0. The zero-order chi connectivity index (χ0) is 16.2. The van der Waals surface area contributed by atoms with Gasteiger partial charge in [-0.25, -0.2) is 10.4 Å². The second-order valence-corrected chi connectivity index (χ2v) is 6.01. The number of imidazole rings is 1. The fourth-order valence-corrected chi connectivity index (χ4v) is 2.97. The molecule has 1 aromatic carbocycles. The van der Waals surface area contributed by atoms with Crippen LogP contribution < -0.4 is 5.43 Å². The third-order valence-corrected chi connectivity index (χ3v) is 4.48. The minimum Gasteiger partial charge on any atom is -0.350 e. The zero-order valence-corrected chi connectivity index (χ0v) is 13.7. The van der Waals surface area contributed by atoms with Crippen molar-refractivity contribution in [1.82, 2.24) is 19.5 Å². The van der Waals surface area contributed by atoms with Gasteiger partial charge >= 0.3 is 0 Å². The molecule has 0 aliphatic rings. The van der Waals surface area contributed by atoms with Gasteiger partial charge in [-0.1, -0.05) is 23.9 Å². The number of benzene rings is 1. The summed E-state index contributed by atoms with van der Waals surface area (Å²) >= 11 is 1.39. The van der Waals surface area contributed by atoms with Gasteiger partial charge in [-0.2, -0.15) is 5.10 Å². The highest BCUT2D eigenvalue weighted by atomic mass is 32.2. The number of aryl methyl sites for hydroxylation is 2. The summed E-state index contributed by atoms with van der Waals surface area (Å²) in [5.74, 6) is 0.106. The number of fused-ring (bicyclic) bond motifs is 1. The van der Waals surface area contributed by atoms with Gasteiger partial charge in [-0.3, -0.25) is 4.79 Å². The van der Waals surface area contributed by atoms with Gasteiger partial charge in [0.1, 0.15) is 0 Å². The van der Waals surface area contributed by atoms with Crippen LogP contribution in [0.4, 0.5) is 0 Å². The van der Waals surface area contributed by atoms with Gasteiger partial charge in [0.15, 0.2) is 5.16 Å². The van der Waals surface area contributed by atoms with Gasteiger partial charge in [-0.15, -0.1) is 0 Å². The molecule has 1 N–H and O–H groups in total. The molecule has 0 saturated carbocycles. The highest BCUT2D eigenvalue weighted by Crippen LogP contribution is 2.22. The summed E-state index contributed by atoms with van der Waals surface area (Å²) in [5, 5.41) is 4.78. The first-order valence-corrected chi connectivity index (χ1v) is 8.11. The number of rotatable bonds is 5. The molecule has 0 atom stereocenters. The highest BCUT2D eigenvalue weighted by Gasteiger charge is 2.09. The maximum absolute atomic E-state index is 11.9. The van der Waals surface area contributed by atoms with Crippen molar-refractivity contribution in [2.45, 2.75) is 5.16 Å². The van der Waals surface area contributed by atoms with E-state index in [-0.39, 0.29) is 11.7 Å². The quantitative estimate of drug-likeness (QED) is 0.444. The molecule has 0 aliphatic heterocycles. The van der Waals surface area contributed by atoms with Crippen LogP contribution in [-0.4, -0.2) is 32.0 Å². The van der Waals surface area contributed by atoms with Crippen LogP contribution in [-0.2, 0) is 18.9 Å². The molecule has 118 valence electrons. The van der Waals surface area contributed by atoms with Crippen molar-refractivity contribution in [3.63, 3.8) is 0 Å². The fourth-order valence-electron chi connectivity index (χ4n) is 2.19. The first kappa shape index (κ1) is 15.4. The van der Waals surface area contributed by atoms with Crippen molar-refractivity contribution in [3.8, 4) is 0 Å². The van der Waals surface area contributed by atoms with Gasteiger partial charge in [0.25, 0.3) is 5.91 Å². The Bertz CT molecular complexity index is 864. The average Bonchev–Trinajstić information content (AvgIpc) is 3.10. The SMILES string of the molecule is Cn1cccc1/C=N\NC(=O)CSc1nc2ccccc2n1C. The number of para-hydroxylation sites is 2. The summed E-state index contributed by atoms with van der Waals surface area (Å²) in [5.41, 5.74) is 5.44. The predicted octanol–water partition coefficient (Wildman–Crippen LogP) is 2.15. The lowest BCUT2D eigenvalue weighted by molar-refractivity contribution is -0.118. The number of aromatic nitrogens is 3. The second-order valence-electron chi connectivity index (χ2n) is 5.07. The number of thioether (sulfide) groups is 1. The normalized spacial score (nSPS) is 11.4. The van der Waals surface area contributed by atoms with E-state index >= 15 is 0 Å². The molecule has 0 saturated heterocycles. The molecule has 2 aromatic heterocycles. The van der Waals surface area contributed by atoms with Crippen LogP contribution in [0.5, 0.6) is 0 Å². The summed E-state index contributed by atoms with van der Waals surface area (Å²) in [6, 6.07) is 11.7. The lowest BCUT2D eigenvalue weighted by Gasteiger charge is -2.01. The standard InChI is InChI=1S/C16H17N5OS/c1-20-9-5-6-12(20)10-17-19-15(22)11-23-16-18-13-7-3-4-8-14(13)21(16)2/h3-10H,11H2,1-2H3,(H,19,22)/b17-10-. The van der Waals surface area contributed by atoms with Crippen LogP contribution in [0.15, 0.2) is 52.9 Å². The molecule has 2 heterocycles. The molecule has 0 radical (unpaired) electrons. The van der Waals surface area contributed by atoms with Crippen molar-refractivity contribution >= 4 is 34.9 Å². The number of carbonyl (C=O) groups is 1. The van der Waals surface area contributed by atoms with Crippen LogP contribution in [0.3, 0.4) is 0 Å². The molecule has 7 heteroatoms. The number of hydrogen-bond donors (Lipinski definition) is 1. The molecule has 3 rings (SSSR count). The zero-order valence-electron chi connectivity index (χ0n) is 12.9. The Balaban J connectivity index is 1.57. The van der Waals surface area contributed by atoms with E-state index in [9.17, 15) is 4.79 Å². The highest BCUT2D eigenvalue weighted by molar-refractivity contribution is 7.99. The first-order chi connectivity index (χ1) is 11.1. The number of hydrazone groups is 1. The van der Waals surface area contributed by atoms with Crippen LogP contribution in [0.2, 0.25) is 0 Å². The Hall–Kier alpha value is -2.54. The Morgan fingerprint density at radius 2 is 2.13 bits per heavy atom. The van der Waals surface area contributed by atoms with Crippen LogP contribution in [0.25, 0.3) is 11.0 Å². The maximum atomic E-state index is 11.9. The molecule has 0 fully saturated rings. The van der Waals surface area contributed by atoms with E-state index in [4.69, 9.17) is 0 Å². The van der Waals surface area contributed by atoms with Crippen molar-refractivity contribution in [3.05, 3.63) is 48.3 Å². The summed E-state index contributed by atoms with van der Waals surface area (Å²) < 4.78 is 3.91. The van der Waals surface area contributed by atoms with Crippen LogP contribution >= 0.6 is 11.8 Å². The Kier molecular flexibility index (Phi) is 4.47. The van der Waals surface area contributed by atoms with Gasteiger partial charge < -0.3 is 9.13 Å². The Morgan fingerprint density at radius 3 is 2.87 bits per heavy atom. The second kappa shape index (κ2) is 6.70. The largest absolute Gasteiger partial charge is 0.350 e. The average molecular weight is 327 g/mol. The maximum Gasteiger partial charge on any atom is 0.250 e. The molecule has 3 aromatic rings. The van der Waals surface area contributed by atoms with Gasteiger partial charge in [0, 0.05) is 20.3 Å². The third-order valence-electron chi connectivity index (χ3n) is 3.45. The topological polar surface area (TPSA) is 64.2 Å². The summed E-state index contributed by atoms with van der Waals surface area (Å²) in [4.78, 5) is 16.4. The molecule has 0 bridgehead atoms. The Morgan fingerprint density at radius 1 is 1.30 bits per heavy atom. The van der Waals surface area contributed by atoms with E-state index in [2.05, 4.69) is 15.5 Å². The third kappa shape index (κ3) is 3.45. The summed E-state index contributed by atoms with van der Waals surface area (Å²) in [6.07, 6.45) is 3.54. The van der Waals surface area contributed by atoms with Crippen LogP contribution in [0, 0.1) is 0 Å². The molecule has 0 aliphatic carbocycles. The molecular weight excluding hydrogens is 310 g/mol. The van der Waals surface area contributed by atoms with Crippen molar-refractivity contribution in [2.75, 3.05) is 5.75 Å². The minimum absolute atomic E-state index is 0.160. The predicted molar refractivity (Wildman–Crippen MR) is 92.6 cm³/mol. The number of nitrogens with one attached hydrogen (secondary N) is 1. The van der Waals surface area contributed by atoms with Crippen molar-refractivity contribution < 1.29 is 4.79 Å². The minimum atomic E-state index is -0.160. The summed E-state index contributed by atoms with van der Waals surface area (Å²) in [7, 11) is 3.87. The van der Waals surface area contributed by atoms with Gasteiger partial charge in [-0.05, 0) is 24.3 Å². The van der Waals surface area contributed by atoms with Crippen molar-refractivity contribution in [2.24, 2.45) is 19.2 Å². The number of carbonyl (C=O) groups excluding carboxylic acids is 1. The number of hydrogen-bond acceptors (Lipinski definition) is 4. The molecule has 23 heavy (non-hydrogen) atoms. The molecular formula is C16H17N5OS. The number of nitrogens with zero attached hydrogens (tertiary/aromatic N) is 4. The lowest BCUT2D eigenvalue weighted by Crippen LogP contribution is -2.20. The molecule has 6 nitrogen and oxygen atoms in total.